The number of anilines is 1. The lowest BCUT2D eigenvalue weighted by Crippen LogP contribution is -2.07. The highest BCUT2D eigenvalue weighted by atomic mass is 79.9. The third-order valence-electron chi connectivity index (χ3n) is 3.40. The number of H-pyrrole nitrogens is 1. The van der Waals surface area contributed by atoms with Crippen molar-refractivity contribution < 1.29 is 0 Å². The molecule has 0 radical (unpaired) electrons. The third kappa shape index (κ3) is 3.25. The van der Waals surface area contributed by atoms with Crippen LogP contribution in [0.4, 0.5) is 5.69 Å². The van der Waals surface area contributed by atoms with E-state index in [1.807, 2.05) is 55.4 Å². The van der Waals surface area contributed by atoms with E-state index in [4.69, 9.17) is 0 Å². The van der Waals surface area contributed by atoms with Crippen molar-refractivity contribution in [2.45, 2.75) is 0 Å². The summed E-state index contributed by atoms with van der Waals surface area (Å²) in [6.45, 7) is 0. The number of allylic oxidation sites excluding steroid dienone is 1. The van der Waals surface area contributed by atoms with E-state index in [2.05, 4.69) is 37.0 Å². The van der Waals surface area contributed by atoms with Crippen LogP contribution in [0.25, 0.3) is 22.8 Å². The fraction of sp³-hybridized carbons (Fsp3) is 0.118. The van der Waals surface area contributed by atoms with Gasteiger partial charge in [0.15, 0.2) is 11.5 Å². The van der Waals surface area contributed by atoms with Gasteiger partial charge in [-0.15, -0.1) is 0 Å². The zero-order valence-corrected chi connectivity index (χ0v) is 14.3. The van der Waals surface area contributed by atoms with Crippen molar-refractivity contribution in [1.29, 1.82) is 5.26 Å². The maximum Gasteiger partial charge on any atom is 0.178 e. The minimum atomic E-state index is 0.469. The van der Waals surface area contributed by atoms with Gasteiger partial charge in [0.2, 0.25) is 0 Å². The van der Waals surface area contributed by atoms with Crippen molar-refractivity contribution in [3.63, 3.8) is 0 Å². The predicted molar refractivity (Wildman–Crippen MR) is 95.8 cm³/mol. The summed E-state index contributed by atoms with van der Waals surface area (Å²) in [7, 11) is 3.98. The van der Waals surface area contributed by atoms with Gasteiger partial charge < -0.3 is 9.88 Å². The molecular formula is C17H14BrN5. The van der Waals surface area contributed by atoms with Gasteiger partial charge in [-0.25, -0.2) is 9.97 Å². The summed E-state index contributed by atoms with van der Waals surface area (Å²) >= 11 is 3.37. The molecule has 0 saturated heterocycles. The number of nitrogens with one attached hydrogen (secondary N) is 1. The number of hydrogen-bond donors (Lipinski definition) is 1. The molecule has 3 aromatic rings. The third-order valence-corrected chi connectivity index (χ3v) is 3.83. The summed E-state index contributed by atoms with van der Waals surface area (Å²) in [5, 5.41) is 9.45. The number of benzene rings is 1. The number of nitrogens with zero attached hydrogens (tertiary/aromatic N) is 4. The molecule has 1 aromatic carbocycles. The van der Waals surface area contributed by atoms with Crippen LogP contribution in [0.2, 0.25) is 0 Å². The number of hydrogen-bond acceptors (Lipinski definition) is 4. The second-order valence-corrected chi connectivity index (χ2v) is 6.18. The highest BCUT2D eigenvalue weighted by molar-refractivity contribution is 9.10. The molecule has 1 N–H and O–H groups in total. The first kappa shape index (κ1) is 15.3. The summed E-state index contributed by atoms with van der Waals surface area (Å²) in [6, 6.07) is 12.1. The molecule has 0 atom stereocenters. The lowest BCUT2D eigenvalue weighted by molar-refractivity contribution is 1.13. The summed E-state index contributed by atoms with van der Waals surface area (Å²) in [5.41, 5.74) is 3.91. The second kappa shape index (κ2) is 6.23. The minimum Gasteiger partial charge on any atom is -0.378 e. The molecule has 0 unspecified atom stereocenters. The molecule has 0 saturated carbocycles. The summed E-state index contributed by atoms with van der Waals surface area (Å²) in [4.78, 5) is 13.8. The van der Waals surface area contributed by atoms with E-state index in [1.165, 1.54) is 0 Å². The minimum absolute atomic E-state index is 0.469. The van der Waals surface area contributed by atoms with Crippen LogP contribution in [0.3, 0.4) is 0 Å². The van der Waals surface area contributed by atoms with E-state index in [9.17, 15) is 5.26 Å². The summed E-state index contributed by atoms with van der Waals surface area (Å²) in [6.07, 6.45) is 3.49. The van der Waals surface area contributed by atoms with Crippen LogP contribution < -0.4 is 4.90 Å². The average Bonchev–Trinajstić information content (AvgIpc) is 2.95. The van der Waals surface area contributed by atoms with Gasteiger partial charge in [-0.2, -0.15) is 5.26 Å². The van der Waals surface area contributed by atoms with Crippen LogP contribution >= 0.6 is 15.9 Å². The van der Waals surface area contributed by atoms with Crippen molar-refractivity contribution in [2.75, 3.05) is 19.0 Å². The molecule has 0 spiro atoms. The number of nitriles is 1. The van der Waals surface area contributed by atoms with Crippen LogP contribution in [0.1, 0.15) is 11.4 Å². The van der Waals surface area contributed by atoms with Gasteiger partial charge in [0.05, 0.1) is 11.1 Å². The molecule has 0 aliphatic rings. The van der Waals surface area contributed by atoms with Gasteiger partial charge in [0.1, 0.15) is 6.07 Å². The molecule has 0 bridgehead atoms. The molecule has 114 valence electrons. The number of aromatic amines is 1. The van der Waals surface area contributed by atoms with Crippen molar-refractivity contribution in [3.8, 4) is 6.07 Å². The van der Waals surface area contributed by atoms with E-state index in [-0.39, 0.29) is 0 Å². The molecule has 23 heavy (non-hydrogen) atoms. The highest BCUT2D eigenvalue weighted by Gasteiger charge is 2.09. The Morgan fingerprint density at radius 3 is 2.70 bits per heavy atom. The van der Waals surface area contributed by atoms with E-state index < -0.39 is 0 Å². The van der Waals surface area contributed by atoms with Gasteiger partial charge >= 0.3 is 0 Å². The molecule has 5 nitrogen and oxygen atoms in total. The Bertz CT molecular complexity index is 916. The van der Waals surface area contributed by atoms with Crippen LogP contribution in [-0.2, 0) is 0 Å². The van der Waals surface area contributed by atoms with Crippen LogP contribution in [0, 0.1) is 11.3 Å². The fourth-order valence-electron chi connectivity index (χ4n) is 2.19. The van der Waals surface area contributed by atoms with Crippen LogP contribution in [0.5, 0.6) is 0 Å². The molecule has 2 aromatic heterocycles. The number of halogens is 1. The van der Waals surface area contributed by atoms with Gasteiger partial charge in [0.25, 0.3) is 0 Å². The first-order valence-corrected chi connectivity index (χ1v) is 7.77. The maximum atomic E-state index is 9.45. The van der Waals surface area contributed by atoms with Gasteiger partial charge in [-0.05, 0) is 45.8 Å². The van der Waals surface area contributed by atoms with Gasteiger partial charge in [-0.3, -0.25) is 0 Å². The van der Waals surface area contributed by atoms with Crippen molar-refractivity contribution >= 4 is 44.4 Å². The standard InChI is InChI=1S/C17H14BrN5/c1-23(2)14-5-3-11(4-6-14)7-12(9-19)16-21-15-8-13(18)10-20-17(15)22-16/h3-8,10H,1-2H3,(H,20,21,22)/b12-7+. The first-order valence-electron chi connectivity index (χ1n) is 6.97. The van der Waals surface area contributed by atoms with Crippen molar-refractivity contribution in [3.05, 3.63) is 52.4 Å². The van der Waals surface area contributed by atoms with Crippen LogP contribution in [-0.4, -0.2) is 29.0 Å². The zero-order chi connectivity index (χ0) is 16.4. The normalized spacial score (nSPS) is 11.5. The topological polar surface area (TPSA) is 68.6 Å². The Hall–Kier alpha value is -2.65. The number of aromatic nitrogens is 3. The molecule has 3 rings (SSSR count). The molecule has 2 heterocycles. The average molecular weight is 368 g/mol. The van der Waals surface area contributed by atoms with Gasteiger partial charge in [0, 0.05) is 30.5 Å². The Kier molecular flexibility index (Phi) is 4.13. The number of rotatable bonds is 3. The summed E-state index contributed by atoms with van der Waals surface area (Å²) < 4.78 is 0.863. The van der Waals surface area contributed by atoms with Crippen molar-refractivity contribution in [1.82, 2.24) is 15.0 Å². The predicted octanol–water partition coefficient (Wildman–Crippen LogP) is 3.85. The first-order chi connectivity index (χ1) is 11.1. The molecule has 0 amide bonds. The molecule has 0 aliphatic heterocycles. The smallest absolute Gasteiger partial charge is 0.178 e. The summed E-state index contributed by atoms with van der Waals surface area (Å²) in [5.74, 6) is 0.518. The quantitative estimate of drug-likeness (QED) is 0.713. The highest BCUT2D eigenvalue weighted by Crippen LogP contribution is 2.21. The van der Waals surface area contributed by atoms with Gasteiger partial charge in [-0.1, -0.05) is 12.1 Å². The largest absolute Gasteiger partial charge is 0.378 e. The second-order valence-electron chi connectivity index (χ2n) is 5.27. The monoisotopic (exact) mass is 367 g/mol. The number of pyridine rings is 1. The van der Waals surface area contributed by atoms with Crippen molar-refractivity contribution in [2.24, 2.45) is 0 Å². The zero-order valence-electron chi connectivity index (χ0n) is 12.7. The lowest BCUT2D eigenvalue weighted by atomic mass is 10.1. The van der Waals surface area contributed by atoms with E-state index in [1.54, 1.807) is 6.20 Å². The Labute approximate surface area is 142 Å². The Morgan fingerprint density at radius 1 is 1.30 bits per heavy atom. The molecular weight excluding hydrogens is 354 g/mol. The maximum absolute atomic E-state index is 9.45. The van der Waals surface area contributed by atoms with E-state index in [0.717, 1.165) is 21.2 Å². The Morgan fingerprint density at radius 2 is 2.04 bits per heavy atom. The fourth-order valence-corrected chi connectivity index (χ4v) is 2.52. The van der Waals surface area contributed by atoms with E-state index in [0.29, 0.717) is 17.0 Å². The Balaban J connectivity index is 1.98. The molecule has 0 aliphatic carbocycles. The lowest BCUT2D eigenvalue weighted by Gasteiger charge is -2.11. The number of imidazole rings is 1. The molecule has 0 fully saturated rings. The van der Waals surface area contributed by atoms with E-state index >= 15 is 0 Å². The molecule has 6 heteroatoms. The van der Waals surface area contributed by atoms with Crippen LogP contribution in [0.15, 0.2) is 41.0 Å². The number of fused-ring (bicyclic) bond motifs is 1. The SMILES string of the molecule is CN(C)c1ccc(/C=C(\C#N)c2nc3ncc(Br)cc3[nH]2)cc1.